The zero-order valence-corrected chi connectivity index (χ0v) is 21.1. The minimum atomic E-state index is 0.383. The Bertz CT molecular complexity index is 1500. The zero-order valence-electron chi connectivity index (χ0n) is 21.1. The predicted molar refractivity (Wildman–Crippen MR) is 156 cm³/mol. The van der Waals surface area contributed by atoms with Gasteiger partial charge >= 0.3 is 0 Å². The van der Waals surface area contributed by atoms with E-state index in [1.807, 2.05) is 0 Å². The summed E-state index contributed by atoms with van der Waals surface area (Å²) < 4.78 is 0. The van der Waals surface area contributed by atoms with E-state index in [0.29, 0.717) is 5.92 Å². The van der Waals surface area contributed by atoms with E-state index in [1.54, 1.807) is 0 Å². The number of rotatable bonds is 6. The second-order valence-corrected chi connectivity index (χ2v) is 9.84. The Labute approximate surface area is 220 Å². The molecule has 0 heterocycles. The molecule has 37 heavy (non-hydrogen) atoms. The summed E-state index contributed by atoms with van der Waals surface area (Å²) in [6, 6.07) is 48.0. The van der Waals surface area contributed by atoms with E-state index >= 15 is 0 Å². The molecule has 0 aliphatic heterocycles. The van der Waals surface area contributed by atoms with Crippen LogP contribution in [0.15, 0.2) is 138 Å². The van der Waals surface area contributed by atoms with Crippen LogP contribution in [-0.2, 0) is 12.8 Å². The van der Waals surface area contributed by atoms with E-state index in [1.165, 1.54) is 38.9 Å². The van der Waals surface area contributed by atoms with Crippen molar-refractivity contribution in [3.05, 3.63) is 161 Å². The predicted octanol–water partition coefficient (Wildman–Crippen LogP) is 9.19. The maximum absolute atomic E-state index is 5.14. The molecule has 5 aromatic carbocycles. The van der Waals surface area contributed by atoms with Crippen LogP contribution in [0.4, 0.5) is 5.69 Å². The SMILES string of the molecule is c1ccc(CC/C(=N/c2ccc(C3CCc4ccccc4-c4ccccc43)cc2)c2ccccc2)cc1. The van der Waals surface area contributed by atoms with Gasteiger partial charge in [0.1, 0.15) is 0 Å². The molecule has 0 radical (unpaired) electrons. The van der Waals surface area contributed by atoms with Crippen LogP contribution in [0.3, 0.4) is 0 Å². The lowest BCUT2D eigenvalue weighted by molar-refractivity contribution is 0.726. The summed E-state index contributed by atoms with van der Waals surface area (Å²) in [5.41, 5.74) is 11.7. The normalized spacial score (nSPS) is 14.9. The standard InChI is InChI=1S/C36H31N/c1-3-11-27(12-4-1)19-26-36(30-14-5-2-6-15-30)37-31-23-20-29(21-24-31)33-25-22-28-13-7-8-16-32(28)34-17-9-10-18-35(33)34/h1-18,20-21,23-24,33H,19,22,25-26H2/b37-36-. The Balaban J connectivity index is 1.30. The van der Waals surface area contributed by atoms with Crippen molar-refractivity contribution < 1.29 is 0 Å². The zero-order chi connectivity index (χ0) is 24.9. The van der Waals surface area contributed by atoms with Crippen molar-refractivity contribution in [3.63, 3.8) is 0 Å². The molecular formula is C36H31N. The maximum atomic E-state index is 5.14. The first-order chi connectivity index (χ1) is 18.3. The molecule has 0 fully saturated rings. The molecular weight excluding hydrogens is 446 g/mol. The van der Waals surface area contributed by atoms with E-state index < -0.39 is 0 Å². The Morgan fingerprint density at radius 3 is 2.05 bits per heavy atom. The topological polar surface area (TPSA) is 12.4 Å². The second kappa shape index (κ2) is 10.8. The first-order valence-corrected chi connectivity index (χ1v) is 13.3. The first kappa shape index (κ1) is 23.2. The highest BCUT2D eigenvalue weighted by molar-refractivity contribution is 6.02. The highest BCUT2D eigenvalue weighted by atomic mass is 14.7. The molecule has 5 aromatic rings. The van der Waals surface area contributed by atoms with Gasteiger partial charge in [-0.15, -0.1) is 0 Å². The summed E-state index contributed by atoms with van der Waals surface area (Å²) in [5, 5.41) is 0. The smallest absolute Gasteiger partial charge is 0.0633 e. The fraction of sp³-hybridized carbons (Fsp3) is 0.139. The number of hydrogen-bond donors (Lipinski definition) is 0. The van der Waals surface area contributed by atoms with Gasteiger partial charge in [-0.05, 0) is 76.8 Å². The van der Waals surface area contributed by atoms with E-state index in [0.717, 1.165) is 37.1 Å². The van der Waals surface area contributed by atoms with Crippen LogP contribution in [0.25, 0.3) is 11.1 Å². The van der Waals surface area contributed by atoms with Crippen LogP contribution in [-0.4, -0.2) is 5.71 Å². The highest BCUT2D eigenvalue weighted by Crippen LogP contribution is 2.41. The molecule has 0 bridgehead atoms. The molecule has 0 spiro atoms. The second-order valence-electron chi connectivity index (χ2n) is 9.84. The number of nitrogens with zero attached hydrogens (tertiary/aromatic N) is 1. The summed E-state index contributed by atoms with van der Waals surface area (Å²) >= 11 is 0. The van der Waals surface area contributed by atoms with Gasteiger partial charge in [-0.3, -0.25) is 4.99 Å². The Hall–Kier alpha value is -4.23. The summed E-state index contributed by atoms with van der Waals surface area (Å²) in [5.74, 6) is 0.383. The molecule has 6 rings (SSSR count). The van der Waals surface area contributed by atoms with Crippen molar-refractivity contribution in [2.45, 2.75) is 31.6 Å². The van der Waals surface area contributed by atoms with Crippen molar-refractivity contribution in [1.82, 2.24) is 0 Å². The van der Waals surface area contributed by atoms with Gasteiger partial charge in [-0.1, -0.05) is 121 Å². The van der Waals surface area contributed by atoms with Crippen LogP contribution in [0.1, 0.15) is 46.6 Å². The molecule has 1 unspecified atom stereocenters. The highest BCUT2D eigenvalue weighted by Gasteiger charge is 2.23. The summed E-state index contributed by atoms with van der Waals surface area (Å²) in [4.78, 5) is 5.14. The average Bonchev–Trinajstić information content (AvgIpc) is 3.14. The van der Waals surface area contributed by atoms with E-state index in [4.69, 9.17) is 4.99 Å². The van der Waals surface area contributed by atoms with Crippen LogP contribution in [0.2, 0.25) is 0 Å². The number of fused-ring (bicyclic) bond motifs is 3. The molecule has 0 saturated carbocycles. The molecule has 1 nitrogen and oxygen atoms in total. The minimum absolute atomic E-state index is 0.383. The van der Waals surface area contributed by atoms with Crippen molar-refractivity contribution in [1.29, 1.82) is 0 Å². The van der Waals surface area contributed by atoms with Crippen LogP contribution < -0.4 is 0 Å². The Kier molecular flexibility index (Phi) is 6.77. The lowest BCUT2D eigenvalue weighted by atomic mass is 9.86. The third kappa shape index (κ3) is 5.17. The van der Waals surface area contributed by atoms with Gasteiger partial charge in [0.2, 0.25) is 0 Å². The molecule has 0 amide bonds. The number of benzene rings is 5. The molecule has 180 valence electrons. The van der Waals surface area contributed by atoms with Gasteiger partial charge in [-0.25, -0.2) is 0 Å². The molecule has 1 heteroatoms. The van der Waals surface area contributed by atoms with Gasteiger partial charge < -0.3 is 0 Å². The van der Waals surface area contributed by atoms with Crippen molar-refractivity contribution in [3.8, 4) is 11.1 Å². The number of aryl methyl sites for hydroxylation is 2. The largest absolute Gasteiger partial charge is 0.253 e. The fourth-order valence-electron chi connectivity index (χ4n) is 5.59. The van der Waals surface area contributed by atoms with Gasteiger partial charge in [0.15, 0.2) is 0 Å². The molecule has 1 aliphatic rings. The minimum Gasteiger partial charge on any atom is -0.253 e. The van der Waals surface area contributed by atoms with Crippen molar-refractivity contribution in [2.24, 2.45) is 4.99 Å². The Morgan fingerprint density at radius 1 is 0.622 bits per heavy atom. The molecule has 1 atom stereocenters. The first-order valence-electron chi connectivity index (χ1n) is 13.3. The molecule has 0 saturated heterocycles. The van der Waals surface area contributed by atoms with E-state index in [-0.39, 0.29) is 0 Å². The maximum Gasteiger partial charge on any atom is 0.0633 e. The molecule has 1 aliphatic carbocycles. The lowest BCUT2D eigenvalue weighted by Crippen LogP contribution is -2.03. The van der Waals surface area contributed by atoms with Crippen LogP contribution in [0, 0.1) is 0 Å². The van der Waals surface area contributed by atoms with Crippen molar-refractivity contribution in [2.75, 3.05) is 0 Å². The molecule has 0 aromatic heterocycles. The van der Waals surface area contributed by atoms with Gasteiger partial charge in [0.05, 0.1) is 5.69 Å². The molecule has 0 N–H and O–H groups in total. The van der Waals surface area contributed by atoms with E-state index in [2.05, 4.69) is 133 Å². The van der Waals surface area contributed by atoms with Crippen molar-refractivity contribution >= 4 is 11.4 Å². The van der Waals surface area contributed by atoms with Crippen LogP contribution >= 0.6 is 0 Å². The summed E-state index contributed by atoms with van der Waals surface area (Å²) in [6.45, 7) is 0. The average molecular weight is 478 g/mol. The van der Waals surface area contributed by atoms with Gasteiger partial charge in [-0.2, -0.15) is 0 Å². The van der Waals surface area contributed by atoms with Gasteiger partial charge in [0.25, 0.3) is 0 Å². The Morgan fingerprint density at radius 2 is 1.27 bits per heavy atom. The number of hydrogen-bond acceptors (Lipinski definition) is 1. The third-order valence-corrected chi connectivity index (χ3v) is 7.51. The summed E-state index contributed by atoms with van der Waals surface area (Å²) in [6.07, 6.45) is 4.09. The summed E-state index contributed by atoms with van der Waals surface area (Å²) in [7, 11) is 0. The van der Waals surface area contributed by atoms with Gasteiger partial charge in [0, 0.05) is 11.6 Å². The lowest BCUT2D eigenvalue weighted by Gasteiger charge is -2.18. The van der Waals surface area contributed by atoms with E-state index in [9.17, 15) is 0 Å². The third-order valence-electron chi connectivity index (χ3n) is 7.51. The monoisotopic (exact) mass is 477 g/mol. The van der Waals surface area contributed by atoms with Crippen LogP contribution in [0.5, 0.6) is 0 Å². The fourth-order valence-corrected chi connectivity index (χ4v) is 5.59. The quantitative estimate of drug-likeness (QED) is 0.216. The number of aliphatic imine (C=N–C) groups is 1.